The number of ether oxygens (including phenoxy) is 1. The zero-order valence-corrected chi connectivity index (χ0v) is 21.8. The van der Waals surface area contributed by atoms with E-state index >= 15 is 4.39 Å². The molecule has 0 saturated carbocycles. The molecule has 2 amide bonds. The third kappa shape index (κ3) is 5.90. The molecular formula is C26H26F4N8O3. The van der Waals surface area contributed by atoms with Crippen LogP contribution < -0.4 is 16.4 Å². The number of allylic oxidation sites excluding steroid dienone is 2. The molecule has 0 spiro atoms. The van der Waals surface area contributed by atoms with E-state index in [9.17, 15) is 22.8 Å². The fraction of sp³-hybridized carbons (Fsp3) is 0.346. The van der Waals surface area contributed by atoms with Crippen molar-refractivity contribution in [2.45, 2.75) is 31.9 Å². The van der Waals surface area contributed by atoms with Crippen molar-refractivity contribution in [2.75, 3.05) is 37.4 Å². The molecule has 2 aliphatic rings. The van der Waals surface area contributed by atoms with Crippen LogP contribution in [0.3, 0.4) is 0 Å². The van der Waals surface area contributed by atoms with E-state index in [2.05, 4.69) is 30.6 Å². The highest BCUT2D eigenvalue weighted by atomic mass is 19.4. The summed E-state index contributed by atoms with van der Waals surface area (Å²) < 4.78 is 61.2. The molecule has 41 heavy (non-hydrogen) atoms. The number of nitrogen functional groups attached to an aromatic ring is 1. The number of hydrogen-bond acceptors (Lipinski definition) is 8. The van der Waals surface area contributed by atoms with Crippen LogP contribution in [-0.2, 0) is 17.5 Å². The summed E-state index contributed by atoms with van der Waals surface area (Å²) in [6.45, 7) is 4.18. The van der Waals surface area contributed by atoms with Gasteiger partial charge in [0.2, 0.25) is 0 Å². The highest BCUT2D eigenvalue weighted by Gasteiger charge is 2.32. The normalized spacial score (nSPS) is 19.7. The monoisotopic (exact) mass is 574 g/mol. The Morgan fingerprint density at radius 3 is 2.66 bits per heavy atom. The van der Waals surface area contributed by atoms with E-state index in [0.717, 1.165) is 12.3 Å². The molecular weight excluding hydrogens is 548 g/mol. The van der Waals surface area contributed by atoms with Crippen LogP contribution >= 0.6 is 0 Å². The minimum absolute atomic E-state index is 0.101. The number of carbonyl (C=O) groups excluding carboxylic acids is 2. The lowest BCUT2D eigenvalue weighted by atomic mass is 9.92. The number of anilines is 2. The molecule has 0 radical (unpaired) electrons. The fourth-order valence-corrected chi connectivity index (χ4v) is 4.87. The quantitative estimate of drug-likeness (QED) is 0.301. The third-order valence-electron chi connectivity index (χ3n) is 6.76. The van der Waals surface area contributed by atoms with E-state index in [1.807, 2.05) is 0 Å². The number of hydrogen-bond donors (Lipinski definition) is 3. The van der Waals surface area contributed by atoms with Gasteiger partial charge >= 0.3 is 12.2 Å². The Morgan fingerprint density at radius 2 is 1.98 bits per heavy atom. The van der Waals surface area contributed by atoms with Gasteiger partial charge in [0.25, 0.3) is 0 Å². The highest BCUT2D eigenvalue weighted by Crippen LogP contribution is 2.36. The molecule has 2 atom stereocenters. The number of Topliss-reactive ketones (excluding diaryl/α,β-unsaturated/α-hetero) is 1. The maximum absolute atomic E-state index is 15.4. The van der Waals surface area contributed by atoms with Gasteiger partial charge in [-0.05, 0) is 30.7 Å². The van der Waals surface area contributed by atoms with Gasteiger partial charge in [0.05, 0.1) is 36.1 Å². The van der Waals surface area contributed by atoms with Crippen molar-refractivity contribution in [3.8, 4) is 0 Å². The van der Waals surface area contributed by atoms with Crippen LogP contribution in [-0.4, -0.2) is 74.8 Å². The second-order valence-corrected chi connectivity index (χ2v) is 9.52. The van der Waals surface area contributed by atoms with Crippen LogP contribution in [0, 0.1) is 0 Å². The number of nitrogens with one attached hydrogen (secondary N) is 2. The van der Waals surface area contributed by atoms with Crippen molar-refractivity contribution >= 4 is 34.5 Å². The van der Waals surface area contributed by atoms with E-state index in [1.165, 1.54) is 31.5 Å². The average molecular weight is 575 g/mol. The first-order chi connectivity index (χ1) is 19.5. The number of urea groups is 1. The Bertz CT molecular complexity index is 1550. The van der Waals surface area contributed by atoms with Gasteiger partial charge in [-0.15, -0.1) is 0 Å². The van der Waals surface area contributed by atoms with Gasteiger partial charge in [0.15, 0.2) is 11.6 Å². The molecule has 1 saturated heterocycles. The van der Waals surface area contributed by atoms with Gasteiger partial charge in [0.1, 0.15) is 23.8 Å². The SMILES string of the molecule is CC(=O)c1c(C2=CC(F)C(NC(=O)Nc3cc(C(F)(F)F)ccn3)C=C2)c2c(N)ncnn2c1CN1CCOCC1. The number of morpholine rings is 1. The van der Waals surface area contributed by atoms with Crippen LogP contribution in [0.2, 0.25) is 0 Å². The topological polar surface area (TPSA) is 140 Å². The maximum Gasteiger partial charge on any atom is 0.416 e. The molecule has 1 fully saturated rings. The Morgan fingerprint density at radius 1 is 1.22 bits per heavy atom. The number of carbonyl (C=O) groups is 2. The minimum Gasteiger partial charge on any atom is -0.382 e. The number of alkyl halides is 4. The van der Waals surface area contributed by atoms with Crippen molar-refractivity contribution in [1.29, 1.82) is 0 Å². The first kappa shape index (κ1) is 28.2. The lowest BCUT2D eigenvalue weighted by molar-refractivity contribution is -0.137. The molecule has 3 aromatic heterocycles. The number of amides is 2. The number of halogens is 4. The second-order valence-electron chi connectivity index (χ2n) is 9.52. The molecule has 1 aliphatic heterocycles. The number of nitrogens with two attached hydrogens (primary N) is 1. The molecule has 3 aromatic rings. The summed E-state index contributed by atoms with van der Waals surface area (Å²) in [5, 5.41) is 8.89. The van der Waals surface area contributed by atoms with E-state index in [0.29, 0.717) is 66.8 Å². The zero-order chi connectivity index (χ0) is 29.3. The Kier molecular flexibility index (Phi) is 7.73. The van der Waals surface area contributed by atoms with Gasteiger partial charge in [-0.25, -0.2) is 23.7 Å². The van der Waals surface area contributed by atoms with Gasteiger partial charge in [-0.2, -0.15) is 18.3 Å². The highest BCUT2D eigenvalue weighted by molar-refractivity contribution is 6.07. The summed E-state index contributed by atoms with van der Waals surface area (Å²) in [5.41, 5.74) is 7.19. The third-order valence-corrected chi connectivity index (χ3v) is 6.76. The average Bonchev–Trinajstić information content (AvgIpc) is 3.25. The van der Waals surface area contributed by atoms with E-state index in [4.69, 9.17) is 10.5 Å². The van der Waals surface area contributed by atoms with Crippen LogP contribution in [0.25, 0.3) is 11.1 Å². The summed E-state index contributed by atoms with van der Waals surface area (Å²) in [6.07, 6.45) is -0.0296. The molecule has 5 rings (SSSR count). The largest absolute Gasteiger partial charge is 0.416 e. The second kappa shape index (κ2) is 11.2. The van der Waals surface area contributed by atoms with Crippen LogP contribution in [0.5, 0.6) is 0 Å². The molecule has 4 N–H and O–H groups in total. The molecule has 0 bridgehead atoms. The van der Waals surface area contributed by atoms with Gasteiger partial charge < -0.3 is 15.8 Å². The zero-order valence-electron chi connectivity index (χ0n) is 21.8. The summed E-state index contributed by atoms with van der Waals surface area (Å²) in [6, 6.07) is -0.665. The van der Waals surface area contributed by atoms with Crippen molar-refractivity contribution in [3.05, 3.63) is 65.3 Å². The Hall–Kier alpha value is -4.37. The smallest absolute Gasteiger partial charge is 0.382 e. The Balaban J connectivity index is 1.41. The first-order valence-electron chi connectivity index (χ1n) is 12.6. The van der Waals surface area contributed by atoms with Crippen LogP contribution in [0.1, 0.15) is 34.1 Å². The molecule has 1 aliphatic carbocycles. The van der Waals surface area contributed by atoms with Crippen molar-refractivity contribution in [3.63, 3.8) is 0 Å². The summed E-state index contributed by atoms with van der Waals surface area (Å²) in [7, 11) is 0. The van der Waals surface area contributed by atoms with Crippen molar-refractivity contribution in [2.24, 2.45) is 0 Å². The molecule has 15 heteroatoms. The van der Waals surface area contributed by atoms with E-state index in [-0.39, 0.29) is 17.4 Å². The van der Waals surface area contributed by atoms with Gasteiger partial charge in [-0.1, -0.05) is 12.2 Å². The molecule has 216 valence electrons. The number of nitrogens with zero attached hydrogens (tertiary/aromatic N) is 5. The summed E-state index contributed by atoms with van der Waals surface area (Å²) in [4.78, 5) is 35.3. The first-order valence-corrected chi connectivity index (χ1v) is 12.6. The number of rotatable bonds is 6. The minimum atomic E-state index is -4.62. The number of fused-ring (bicyclic) bond motifs is 1. The van der Waals surface area contributed by atoms with Crippen LogP contribution in [0.4, 0.5) is 34.0 Å². The number of pyridine rings is 1. The lowest BCUT2D eigenvalue weighted by Crippen LogP contribution is -2.42. The predicted molar refractivity (Wildman–Crippen MR) is 141 cm³/mol. The summed E-state index contributed by atoms with van der Waals surface area (Å²) in [5.74, 6) is -0.520. The summed E-state index contributed by atoms with van der Waals surface area (Å²) >= 11 is 0. The fourth-order valence-electron chi connectivity index (χ4n) is 4.87. The van der Waals surface area contributed by atoms with Gasteiger partial charge in [-0.3, -0.25) is 15.0 Å². The number of ketones is 1. The van der Waals surface area contributed by atoms with E-state index < -0.39 is 30.0 Å². The lowest BCUT2D eigenvalue weighted by Gasteiger charge is -2.26. The maximum atomic E-state index is 15.4. The molecule has 4 heterocycles. The Labute approximate surface area is 231 Å². The van der Waals surface area contributed by atoms with Crippen molar-refractivity contribution in [1.82, 2.24) is 29.8 Å². The van der Waals surface area contributed by atoms with E-state index in [1.54, 1.807) is 4.52 Å². The number of aromatic nitrogens is 4. The van der Waals surface area contributed by atoms with Crippen LogP contribution in [0.15, 0.2) is 42.9 Å². The van der Waals surface area contributed by atoms with Crippen molar-refractivity contribution < 1.29 is 31.9 Å². The molecule has 2 unspecified atom stereocenters. The van der Waals surface area contributed by atoms with Gasteiger partial charge in [0, 0.05) is 31.4 Å². The molecule has 0 aromatic carbocycles. The standard InChI is InChI=1S/C26H26F4N8O3/c1-14(39)21-19(12-37-6-8-41-9-7-37)38-23(24(31)33-13-34-38)22(21)15-2-3-18(17(27)10-15)35-25(40)36-20-11-16(4-5-32-20)26(28,29)30/h2-5,10-11,13,17-18H,6-9,12H2,1H3,(H2,31,33,34)(H2,32,35,36,40). The molecule has 11 nitrogen and oxygen atoms in total. The predicted octanol–water partition coefficient (Wildman–Crippen LogP) is 3.24.